The van der Waals surface area contributed by atoms with Gasteiger partial charge in [-0.1, -0.05) is 36.4 Å². The van der Waals surface area contributed by atoms with Crippen LogP contribution >= 0.6 is 11.3 Å². The van der Waals surface area contributed by atoms with Crippen LogP contribution in [0, 0.1) is 11.2 Å². The van der Waals surface area contributed by atoms with Crippen LogP contribution in [0.5, 0.6) is 5.75 Å². The molecule has 3 aromatic carbocycles. The van der Waals surface area contributed by atoms with E-state index in [1.807, 2.05) is 54.6 Å². The lowest BCUT2D eigenvalue weighted by Gasteiger charge is -2.20. The SMILES string of the molecule is N=C(N)c1cc2c(O[C@@H](COC(=O)Nc3ccc(F)cc3)c3ccccc3)cccc2s1. The van der Waals surface area contributed by atoms with Crippen molar-refractivity contribution < 1.29 is 18.7 Å². The highest BCUT2D eigenvalue weighted by Gasteiger charge is 2.19. The van der Waals surface area contributed by atoms with E-state index in [-0.39, 0.29) is 12.4 Å². The third-order valence-corrected chi connectivity index (χ3v) is 5.82. The minimum absolute atomic E-state index is 0.00226. The van der Waals surface area contributed by atoms with E-state index in [0.29, 0.717) is 16.3 Å². The van der Waals surface area contributed by atoms with Gasteiger partial charge in [-0.15, -0.1) is 11.3 Å². The minimum atomic E-state index is -0.672. The van der Waals surface area contributed by atoms with Gasteiger partial charge in [0.25, 0.3) is 0 Å². The van der Waals surface area contributed by atoms with Crippen LogP contribution < -0.4 is 15.8 Å². The molecule has 6 nitrogen and oxygen atoms in total. The average Bonchev–Trinajstić information content (AvgIpc) is 3.24. The Hall–Kier alpha value is -3.91. The van der Waals surface area contributed by atoms with E-state index in [2.05, 4.69) is 5.32 Å². The van der Waals surface area contributed by atoms with Crippen molar-refractivity contribution in [3.63, 3.8) is 0 Å². The number of carbonyl (C=O) groups excluding carboxylic acids is 1. The number of carbonyl (C=O) groups is 1. The van der Waals surface area contributed by atoms with Gasteiger partial charge in [-0.25, -0.2) is 9.18 Å². The Bertz CT molecular complexity index is 1240. The first-order valence-electron chi connectivity index (χ1n) is 9.77. The Kier molecular flexibility index (Phi) is 6.32. The second-order valence-electron chi connectivity index (χ2n) is 6.94. The van der Waals surface area contributed by atoms with Gasteiger partial charge in [-0.05, 0) is 48.0 Å². The number of hydrogen-bond donors (Lipinski definition) is 3. The number of ether oxygens (including phenoxy) is 2. The molecule has 0 aliphatic rings. The number of nitrogens with two attached hydrogens (primary N) is 1. The lowest BCUT2D eigenvalue weighted by atomic mass is 10.1. The second kappa shape index (κ2) is 9.49. The molecule has 1 atom stereocenters. The third-order valence-electron chi connectivity index (χ3n) is 4.68. The molecule has 1 heterocycles. The topological polar surface area (TPSA) is 97.4 Å². The number of nitrogens with one attached hydrogen (secondary N) is 2. The largest absolute Gasteiger partial charge is 0.481 e. The Balaban J connectivity index is 1.53. The van der Waals surface area contributed by atoms with Gasteiger partial charge in [0.1, 0.15) is 24.0 Å². The van der Waals surface area contributed by atoms with Gasteiger partial charge in [0.15, 0.2) is 6.10 Å². The normalized spacial score (nSPS) is 11.7. The molecule has 1 aromatic heterocycles. The van der Waals surface area contributed by atoms with E-state index in [1.165, 1.54) is 35.6 Å². The lowest BCUT2D eigenvalue weighted by molar-refractivity contribution is 0.0910. The summed E-state index contributed by atoms with van der Waals surface area (Å²) in [6, 6.07) is 22.3. The predicted molar refractivity (Wildman–Crippen MR) is 124 cm³/mol. The molecular weight excluding hydrogens is 429 g/mol. The summed E-state index contributed by atoms with van der Waals surface area (Å²) in [6.45, 7) is -0.0445. The zero-order chi connectivity index (χ0) is 22.5. The average molecular weight is 450 g/mol. The summed E-state index contributed by atoms with van der Waals surface area (Å²) in [5, 5.41) is 11.1. The zero-order valence-electron chi connectivity index (χ0n) is 16.9. The Morgan fingerprint density at radius 1 is 1.06 bits per heavy atom. The maximum Gasteiger partial charge on any atom is 0.411 e. The van der Waals surface area contributed by atoms with Gasteiger partial charge < -0.3 is 15.2 Å². The van der Waals surface area contributed by atoms with Crippen molar-refractivity contribution in [3.8, 4) is 5.75 Å². The fourth-order valence-electron chi connectivity index (χ4n) is 3.13. The van der Waals surface area contributed by atoms with Crippen LogP contribution in [0.2, 0.25) is 0 Å². The minimum Gasteiger partial charge on any atom is -0.481 e. The Morgan fingerprint density at radius 2 is 1.81 bits per heavy atom. The highest BCUT2D eigenvalue weighted by Crippen LogP contribution is 2.35. The van der Waals surface area contributed by atoms with Gasteiger partial charge >= 0.3 is 6.09 Å². The van der Waals surface area contributed by atoms with E-state index in [0.717, 1.165) is 15.6 Å². The predicted octanol–water partition coefficient (Wildman–Crippen LogP) is 5.69. The van der Waals surface area contributed by atoms with Crippen molar-refractivity contribution in [1.29, 1.82) is 5.41 Å². The number of amides is 1. The van der Waals surface area contributed by atoms with E-state index < -0.39 is 18.0 Å². The first-order valence-corrected chi connectivity index (χ1v) is 10.6. The van der Waals surface area contributed by atoms with E-state index in [9.17, 15) is 9.18 Å². The molecule has 32 heavy (non-hydrogen) atoms. The van der Waals surface area contributed by atoms with Crippen molar-refractivity contribution in [3.05, 3.63) is 95.1 Å². The molecule has 0 unspecified atom stereocenters. The van der Waals surface area contributed by atoms with Crippen LogP contribution in [0.1, 0.15) is 16.5 Å². The number of anilines is 1. The number of fused-ring (bicyclic) bond motifs is 1. The second-order valence-corrected chi connectivity index (χ2v) is 8.02. The van der Waals surface area contributed by atoms with Gasteiger partial charge in [0, 0.05) is 15.8 Å². The molecule has 162 valence electrons. The van der Waals surface area contributed by atoms with Crippen molar-refractivity contribution in [1.82, 2.24) is 0 Å². The molecule has 0 fully saturated rings. The van der Waals surface area contributed by atoms with Gasteiger partial charge in [0.05, 0.1) is 4.88 Å². The molecule has 4 rings (SSSR count). The Morgan fingerprint density at radius 3 is 2.53 bits per heavy atom. The zero-order valence-corrected chi connectivity index (χ0v) is 17.7. The van der Waals surface area contributed by atoms with Gasteiger partial charge in [0.2, 0.25) is 0 Å². The summed E-state index contributed by atoms with van der Waals surface area (Å²) in [4.78, 5) is 12.9. The fraction of sp³-hybridized carbons (Fsp3) is 0.0833. The third kappa shape index (κ3) is 5.04. The molecule has 0 bridgehead atoms. The fourth-order valence-corrected chi connectivity index (χ4v) is 4.07. The number of benzene rings is 3. The van der Waals surface area contributed by atoms with Crippen LogP contribution in [0.4, 0.5) is 14.9 Å². The van der Waals surface area contributed by atoms with Crippen molar-refractivity contribution in [2.45, 2.75) is 6.10 Å². The van der Waals surface area contributed by atoms with E-state index in [1.54, 1.807) is 0 Å². The summed E-state index contributed by atoms with van der Waals surface area (Å²) in [5.74, 6) is 0.206. The highest BCUT2D eigenvalue weighted by molar-refractivity contribution is 7.20. The van der Waals surface area contributed by atoms with Crippen LogP contribution in [0.25, 0.3) is 10.1 Å². The Labute approximate surface area is 187 Å². The maximum atomic E-state index is 13.1. The van der Waals surface area contributed by atoms with E-state index >= 15 is 0 Å². The maximum absolute atomic E-state index is 13.1. The summed E-state index contributed by atoms with van der Waals surface area (Å²) in [7, 11) is 0. The molecule has 0 aliphatic carbocycles. The molecular formula is C24H20FN3O3S. The van der Waals surface area contributed by atoms with Crippen LogP contribution in [-0.2, 0) is 4.74 Å². The molecule has 0 aliphatic heterocycles. The van der Waals surface area contributed by atoms with Crippen molar-refractivity contribution >= 4 is 39.0 Å². The summed E-state index contributed by atoms with van der Waals surface area (Å²) >= 11 is 1.41. The van der Waals surface area contributed by atoms with E-state index in [4.69, 9.17) is 20.6 Å². The van der Waals surface area contributed by atoms with Crippen LogP contribution in [-0.4, -0.2) is 18.5 Å². The standard InChI is InChI=1S/C24H20FN3O3S/c25-16-9-11-17(12-10-16)28-24(29)30-14-20(15-5-2-1-3-6-15)31-19-7-4-8-21-18(19)13-22(32-21)23(26)27/h1-13,20H,14H2,(H3,26,27)(H,28,29)/t20-/m0/s1. The van der Waals surface area contributed by atoms with Crippen molar-refractivity contribution in [2.24, 2.45) is 5.73 Å². The number of amidine groups is 1. The number of thiophene rings is 1. The molecule has 0 saturated carbocycles. The lowest BCUT2D eigenvalue weighted by Crippen LogP contribution is -2.21. The monoisotopic (exact) mass is 449 g/mol. The molecule has 0 saturated heterocycles. The van der Waals surface area contributed by atoms with Crippen LogP contribution in [0.15, 0.2) is 78.9 Å². The molecule has 1 amide bonds. The molecule has 4 N–H and O–H groups in total. The first kappa shape index (κ1) is 21.3. The quantitative estimate of drug-likeness (QED) is 0.249. The van der Waals surface area contributed by atoms with Crippen molar-refractivity contribution in [2.75, 3.05) is 11.9 Å². The first-order chi connectivity index (χ1) is 15.5. The molecule has 0 radical (unpaired) electrons. The number of rotatable bonds is 7. The molecule has 4 aromatic rings. The summed E-state index contributed by atoms with van der Waals surface area (Å²) < 4.78 is 25.7. The number of nitrogen functional groups attached to an aromatic ring is 1. The number of halogens is 1. The molecule has 8 heteroatoms. The highest BCUT2D eigenvalue weighted by atomic mass is 32.1. The van der Waals surface area contributed by atoms with Gasteiger partial charge in [-0.3, -0.25) is 10.7 Å². The molecule has 0 spiro atoms. The van der Waals surface area contributed by atoms with Gasteiger partial charge in [-0.2, -0.15) is 0 Å². The summed E-state index contributed by atoms with van der Waals surface area (Å²) in [6.07, 6.45) is -1.24. The van der Waals surface area contributed by atoms with Crippen LogP contribution in [0.3, 0.4) is 0 Å². The summed E-state index contributed by atoms with van der Waals surface area (Å²) in [5.41, 5.74) is 6.90. The number of hydrogen-bond acceptors (Lipinski definition) is 5. The smallest absolute Gasteiger partial charge is 0.411 e.